The lowest BCUT2D eigenvalue weighted by Crippen LogP contribution is -2.03. The lowest BCUT2D eigenvalue weighted by Gasteiger charge is -2.12. The van der Waals surface area contributed by atoms with E-state index in [1.807, 2.05) is 0 Å². The van der Waals surface area contributed by atoms with Crippen molar-refractivity contribution in [2.75, 3.05) is 0 Å². The van der Waals surface area contributed by atoms with E-state index in [1.165, 1.54) is 136 Å². The summed E-state index contributed by atoms with van der Waals surface area (Å²) in [6, 6.07) is 18.1. The highest BCUT2D eigenvalue weighted by Gasteiger charge is 2.35. The van der Waals surface area contributed by atoms with Crippen LogP contribution in [-0.2, 0) is 12.8 Å². The number of aryl methyl sites for hydroxylation is 2. The van der Waals surface area contributed by atoms with Crippen molar-refractivity contribution < 1.29 is 4.70 Å². The third-order valence-corrected chi connectivity index (χ3v) is 8.96. The zero-order chi connectivity index (χ0) is 30.0. The summed E-state index contributed by atoms with van der Waals surface area (Å²) in [7, 11) is 0. The molecule has 0 radical (unpaired) electrons. The highest BCUT2D eigenvalue weighted by atomic mass is 15.2. The van der Waals surface area contributed by atoms with Crippen LogP contribution in [0.25, 0.3) is 16.9 Å². The second kappa shape index (κ2) is 19.7. The Balaban J connectivity index is 2.02. The van der Waals surface area contributed by atoms with Crippen molar-refractivity contribution >= 4 is 11.4 Å². The van der Waals surface area contributed by atoms with Crippen molar-refractivity contribution in [3.8, 4) is 0 Å². The van der Waals surface area contributed by atoms with E-state index in [4.69, 9.17) is 0 Å². The van der Waals surface area contributed by atoms with Crippen LogP contribution in [-0.4, -0.2) is 4.70 Å². The molecule has 2 aromatic rings. The van der Waals surface area contributed by atoms with Crippen LogP contribution in [0.5, 0.6) is 0 Å². The van der Waals surface area contributed by atoms with E-state index < -0.39 is 0 Å². The van der Waals surface area contributed by atoms with Crippen LogP contribution in [0, 0.1) is 0 Å². The predicted octanol–water partition coefficient (Wildman–Crippen LogP) is 13.0. The summed E-state index contributed by atoms with van der Waals surface area (Å²) < 4.78 is 1.60. The Morgan fingerprint density at radius 2 is 0.810 bits per heavy atom. The molecule has 2 nitrogen and oxygen atoms in total. The second-order valence-electron chi connectivity index (χ2n) is 12.6. The van der Waals surface area contributed by atoms with E-state index in [-0.39, 0.29) is 0 Å². The van der Waals surface area contributed by atoms with Gasteiger partial charge in [0.1, 0.15) is 0 Å². The number of benzene rings is 2. The first-order valence-corrected chi connectivity index (χ1v) is 17.8. The average Bonchev–Trinajstić information content (AvgIpc) is 3.28. The highest BCUT2D eigenvalue weighted by Crippen LogP contribution is 2.45. The summed E-state index contributed by atoms with van der Waals surface area (Å²) in [4.78, 5) is 0. The van der Waals surface area contributed by atoms with Gasteiger partial charge >= 0.3 is 0 Å². The molecule has 0 spiro atoms. The number of hydrogen-bond donors (Lipinski definition) is 0. The number of nitrogens with zero attached hydrogens (tertiary/aromatic N) is 2. The minimum absolute atomic E-state index is 1.04. The van der Waals surface area contributed by atoms with Gasteiger partial charge in [-0.1, -0.05) is 129 Å². The Bertz CT molecular complexity index is 1150. The summed E-state index contributed by atoms with van der Waals surface area (Å²) in [5.74, 6) is 0. The molecule has 0 N–H and O–H groups in total. The molecule has 1 aliphatic heterocycles. The molecule has 0 amide bonds. The molecule has 230 valence electrons. The first-order valence-electron chi connectivity index (χ1n) is 17.8. The fraction of sp³-hybridized carbons (Fsp3) is 0.600. The molecular weight excluding hydrogens is 508 g/mol. The van der Waals surface area contributed by atoms with Crippen LogP contribution in [0.1, 0.15) is 166 Å². The quantitative estimate of drug-likeness (QED) is 0.0997. The molecule has 0 fully saturated rings. The Labute approximate surface area is 259 Å². The topological polar surface area (TPSA) is 25.3 Å². The Morgan fingerprint density at radius 1 is 0.452 bits per heavy atom. The Morgan fingerprint density at radius 3 is 1.26 bits per heavy atom. The van der Waals surface area contributed by atoms with Crippen LogP contribution >= 0.6 is 0 Å². The van der Waals surface area contributed by atoms with Crippen molar-refractivity contribution in [1.29, 1.82) is 0 Å². The van der Waals surface area contributed by atoms with Crippen LogP contribution in [0.3, 0.4) is 0 Å². The van der Waals surface area contributed by atoms with Gasteiger partial charge in [-0.2, -0.15) is 0 Å². The molecule has 3 rings (SSSR count). The zero-order valence-corrected chi connectivity index (χ0v) is 27.7. The van der Waals surface area contributed by atoms with E-state index in [0.717, 1.165) is 37.1 Å². The first-order chi connectivity index (χ1) is 20.6. The fourth-order valence-electron chi connectivity index (χ4n) is 6.50. The summed E-state index contributed by atoms with van der Waals surface area (Å²) in [5, 5.41) is 0. The van der Waals surface area contributed by atoms with Gasteiger partial charge in [0.15, 0.2) is 0 Å². The molecular formula is C40H60N2. The second-order valence-corrected chi connectivity index (χ2v) is 12.6. The SMILES string of the molecule is CCCCCCCCC1=C(c2cccc(CCCCC)c2)[N+](=[N-])C(c2cccc(CCCCC)c2)=C1CCCCCC. The highest BCUT2D eigenvalue weighted by molar-refractivity contribution is 5.82. The molecule has 0 atom stereocenters. The van der Waals surface area contributed by atoms with Gasteiger partial charge in [-0.3, -0.25) is 0 Å². The fourth-order valence-corrected chi connectivity index (χ4v) is 6.50. The minimum Gasteiger partial charge on any atom is -0.493 e. The van der Waals surface area contributed by atoms with Crippen molar-refractivity contribution in [3.63, 3.8) is 0 Å². The van der Waals surface area contributed by atoms with Gasteiger partial charge in [0, 0.05) is 22.3 Å². The summed E-state index contributed by atoms with van der Waals surface area (Å²) in [6.07, 6.45) is 24.5. The van der Waals surface area contributed by atoms with E-state index in [9.17, 15) is 5.53 Å². The monoisotopic (exact) mass is 568 g/mol. The van der Waals surface area contributed by atoms with Gasteiger partial charge in [-0.25, -0.2) is 4.70 Å². The Kier molecular flexibility index (Phi) is 15.9. The smallest absolute Gasteiger partial charge is 0.211 e. The molecule has 1 aliphatic rings. The average molecular weight is 569 g/mol. The van der Waals surface area contributed by atoms with Gasteiger partial charge in [0.2, 0.25) is 11.4 Å². The molecule has 42 heavy (non-hydrogen) atoms. The Hall–Kier alpha value is -2.48. The van der Waals surface area contributed by atoms with Crippen molar-refractivity contribution in [2.45, 2.75) is 156 Å². The van der Waals surface area contributed by atoms with E-state index >= 15 is 0 Å². The number of allylic oxidation sites excluding steroid dienone is 2. The summed E-state index contributed by atoms with van der Waals surface area (Å²) >= 11 is 0. The van der Waals surface area contributed by atoms with Crippen molar-refractivity contribution in [1.82, 2.24) is 0 Å². The standard InChI is InChI=1S/C40H60N2/c1-5-9-13-15-16-20-30-38-37(29-19-14-10-6-2)39(35-27-21-25-33(31-35)23-17-11-7-3)42(41)40(38)36-28-22-26-34(32-36)24-18-12-8-4/h21-22,25-28,31-32H,5-20,23-24,29-30H2,1-4H3. The van der Waals surface area contributed by atoms with Crippen LogP contribution in [0.15, 0.2) is 59.7 Å². The van der Waals surface area contributed by atoms with E-state index in [1.54, 1.807) is 4.70 Å². The van der Waals surface area contributed by atoms with Gasteiger partial charge in [0.25, 0.3) is 0 Å². The summed E-state index contributed by atoms with van der Waals surface area (Å²) in [6.45, 7) is 9.12. The molecule has 1 heterocycles. The van der Waals surface area contributed by atoms with Gasteiger partial charge < -0.3 is 5.53 Å². The predicted molar refractivity (Wildman–Crippen MR) is 184 cm³/mol. The number of rotatable bonds is 22. The van der Waals surface area contributed by atoms with E-state index in [2.05, 4.69) is 76.2 Å². The maximum absolute atomic E-state index is 12.1. The lowest BCUT2D eigenvalue weighted by atomic mass is 9.90. The summed E-state index contributed by atoms with van der Waals surface area (Å²) in [5.41, 5.74) is 22.1. The first kappa shape index (κ1) is 34.0. The van der Waals surface area contributed by atoms with Gasteiger partial charge in [0.05, 0.1) is 0 Å². The van der Waals surface area contributed by atoms with Crippen LogP contribution in [0.4, 0.5) is 0 Å². The minimum atomic E-state index is 1.04. The van der Waals surface area contributed by atoms with Crippen LogP contribution in [0.2, 0.25) is 0 Å². The lowest BCUT2D eigenvalue weighted by molar-refractivity contribution is -0.345. The van der Waals surface area contributed by atoms with Gasteiger partial charge in [-0.15, -0.1) is 0 Å². The molecule has 0 aromatic heterocycles. The zero-order valence-electron chi connectivity index (χ0n) is 27.7. The molecule has 0 aliphatic carbocycles. The van der Waals surface area contributed by atoms with Crippen molar-refractivity contribution in [3.05, 3.63) is 87.5 Å². The maximum Gasteiger partial charge on any atom is 0.211 e. The van der Waals surface area contributed by atoms with Crippen LogP contribution < -0.4 is 0 Å². The molecule has 0 bridgehead atoms. The normalized spacial score (nSPS) is 13.6. The molecule has 2 aromatic carbocycles. The van der Waals surface area contributed by atoms with Gasteiger partial charge in [-0.05, 0) is 86.8 Å². The molecule has 0 unspecified atom stereocenters. The number of hydrogen-bond acceptors (Lipinski definition) is 0. The molecule has 0 saturated heterocycles. The maximum atomic E-state index is 12.1. The number of unbranched alkanes of at least 4 members (excludes halogenated alkanes) is 12. The molecule has 2 heteroatoms. The molecule has 0 saturated carbocycles. The van der Waals surface area contributed by atoms with Crippen molar-refractivity contribution in [2.24, 2.45) is 0 Å². The third-order valence-electron chi connectivity index (χ3n) is 8.96. The largest absolute Gasteiger partial charge is 0.493 e. The third kappa shape index (κ3) is 10.4. The van der Waals surface area contributed by atoms with E-state index in [0.29, 0.717) is 0 Å².